The van der Waals surface area contributed by atoms with E-state index in [1.54, 1.807) is 11.3 Å². The number of hydrogen-bond donors (Lipinski definition) is 1. The number of alkyl halides is 1. The molecule has 2 nitrogen and oxygen atoms in total. The molecule has 0 amide bonds. The van der Waals surface area contributed by atoms with Gasteiger partial charge in [-0.25, -0.2) is 4.98 Å². The standard InChI is InChI=1S/C7H11BrN2S/c1-5(8)7-10-6(3-9-2)4-11-7/h4-5,9H,3H2,1-2H3. The SMILES string of the molecule is CNCc1csc(C(C)Br)n1. The van der Waals surface area contributed by atoms with Gasteiger partial charge in [0, 0.05) is 11.9 Å². The second-order valence-electron chi connectivity index (χ2n) is 2.32. The van der Waals surface area contributed by atoms with E-state index in [0.29, 0.717) is 4.83 Å². The molecule has 0 aliphatic heterocycles. The Morgan fingerprint density at radius 2 is 2.55 bits per heavy atom. The fraction of sp³-hybridized carbons (Fsp3) is 0.571. The van der Waals surface area contributed by atoms with Gasteiger partial charge in [-0.15, -0.1) is 11.3 Å². The molecule has 11 heavy (non-hydrogen) atoms. The van der Waals surface area contributed by atoms with E-state index in [1.807, 2.05) is 7.05 Å². The Kier molecular flexibility index (Phi) is 3.48. The van der Waals surface area contributed by atoms with Crippen molar-refractivity contribution in [3.05, 3.63) is 16.1 Å². The molecule has 1 N–H and O–H groups in total. The molecule has 0 aliphatic carbocycles. The zero-order chi connectivity index (χ0) is 8.27. The van der Waals surface area contributed by atoms with Crippen molar-refractivity contribution in [2.75, 3.05) is 7.05 Å². The molecule has 0 aromatic carbocycles. The Morgan fingerprint density at radius 1 is 1.82 bits per heavy atom. The summed E-state index contributed by atoms with van der Waals surface area (Å²) < 4.78 is 0. The van der Waals surface area contributed by atoms with Gasteiger partial charge in [0.25, 0.3) is 0 Å². The molecular formula is C7H11BrN2S. The van der Waals surface area contributed by atoms with Gasteiger partial charge in [0.15, 0.2) is 0 Å². The highest BCUT2D eigenvalue weighted by Crippen LogP contribution is 2.24. The lowest BCUT2D eigenvalue weighted by Crippen LogP contribution is -2.05. The molecule has 0 fully saturated rings. The molecule has 1 atom stereocenters. The number of aromatic nitrogens is 1. The van der Waals surface area contributed by atoms with Crippen LogP contribution in [0, 0.1) is 0 Å². The molecule has 0 saturated carbocycles. The molecule has 62 valence electrons. The minimum atomic E-state index is 0.373. The van der Waals surface area contributed by atoms with Crippen LogP contribution in [0.5, 0.6) is 0 Å². The molecule has 0 aliphatic rings. The van der Waals surface area contributed by atoms with E-state index in [1.165, 1.54) is 0 Å². The number of halogens is 1. The van der Waals surface area contributed by atoms with Crippen LogP contribution in [-0.2, 0) is 6.54 Å². The predicted molar refractivity (Wildman–Crippen MR) is 52.2 cm³/mol. The van der Waals surface area contributed by atoms with E-state index < -0.39 is 0 Å². The van der Waals surface area contributed by atoms with Gasteiger partial charge < -0.3 is 5.32 Å². The van der Waals surface area contributed by atoms with Gasteiger partial charge in [0.2, 0.25) is 0 Å². The normalized spacial score (nSPS) is 13.4. The fourth-order valence-electron chi connectivity index (χ4n) is 0.768. The van der Waals surface area contributed by atoms with Crippen LogP contribution in [0.3, 0.4) is 0 Å². The molecule has 4 heteroatoms. The summed E-state index contributed by atoms with van der Waals surface area (Å²) in [6.07, 6.45) is 0. The smallest absolute Gasteiger partial charge is 0.106 e. The Hall–Kier alpha value is 0.0700. The molecule has 0 spiro atoms. The van der Waals surface area contributed by atoms with Crippen molar-refractivity contribution in [2.24, 2.45) is 0 Å². The zero-order valence-corrected chi connectivity index (χ0v) is 9.00. The molecule has 1 unspecified atom stereocenters. The number of thiazole rings is 1. The van der Waals surface area contributed by atoms with Crippen LogP contribution in [0.2, 0.25) is 0 Å². The third-order valence-electron chi connectivity index (χ3n) is 1.27. The summed E-state index contributed by atoms with van der Waals surface area (Å²) >= 11 is 5.17. The van der Waals surface area contributed by atoms with Gasteiger partial charge in [0.05, 0.1) is 10.5 Å². The van der Waals surface area contributed by atoms with Crippen molar-refractivity contribution in [3.63, 3.8) is 0 Å². The Labute approximate surface area is 79.2 Å². The summed E-state index contributed by atoms with van der Waals surface area (Å²) in [7, 11) is 1.93. The molecule has 1 heterocycles. The van der Waals surface area contributed by atoms with E-state index in [9.17, 15) is 0 Å². The van der Waals surface area contributed by atoms with Gasteiger partial charge in [0.1, 0.15) is 5.01 Å². The summed E-state index contributed by atoms with van der Waals surface area (Å²) in [5, 5.41) is 6.30. The van der Waals surface area contributed by atoms with Crippen LogP contribution in [0.15, 0.2) is 5.38 Å². The van der Waals surface area contributed by atoms with Crippen LogP contribution >= 0.6 is 27.3 Å². The predicted octanol–water partition coefficient (Wildman–Crippen LogP) is 2.32. The Morgan fingerprint density at radius 3 is 3.00 bits per heavy atom. The van der Waals surface area contributed by atoms with E-state index in [0.717, 1.165) is 17.2 Å². The molecule has 0 radical (unpaired) electrons. The molecule has 0 saturated heterocycles. The van der Waals surface area contributed by atoms with Crippen LogP contribution < -0.4 is 5.32 Å². The van der Waals surface area contributed by atoms with Crippen LogP contribution in [-0.4, -0.2) is 12.0 Å². The molecule has 0 bridgehead atoms. The van der Waals surface area contributed by atoms with E-state index in [-0.39, 0.29) is 0 Å². The first-order valence-corrected chi connectivity index (χ1v) is 5.26. The van der Waals surface area contributed by atoms with Crippen molar-refractivity contribution in [2.45, 2.75) is 18.3 Å². The second kappa shape index (κ2) is 4.18. The maximum atomic E-state index is 4.41. The summed E-state index contributed by atoms with van der Waals surface area (Å²) in [6.45, 7) is 2.94. The van der Waals surface area contributed by atoms with Crippen molar-refractivity contribution < 1.29 is 0 Å². The quantitative estimate of drug-likeness (QED) is 0.813. The maximum Gasteiger partial charge on any atom is 0.106 e. The average molecular weight is 235 g/mol. The number of nitrogens with zero attached hydrogens (tertiary/aromatic N) is 1. The fourth-order valence-corrected chi connectivity index (χ4v) is 1.94. The molecule has 1 aromatic heterocycles. The van der Waals surface area contributed by atoms with Crippen LogP contribution in [0.4, 0.5) is 0 Å². The van der Waals surface area contributed by atoms with Gasteiger partial charge in [-0.05, 0) is 14.0 Å². The highest BCUT2D eigenvalue weighted by Gasteiger charge is 2.05. The largest absolute Gasteiger partial charge is 0.314 e. The minimum absolute atomic E-state index is 0.373. The van der Waals surface area contributed by atoms with Gasteiger partial charge in [-0.3, -0.25) is 0 Å². The highest BCUT2D eigenvalue weighted by molar-refractivity contribution is 9.09. The first-order chi connectivity index (χ1) is 5.24. The average Bonchev–Trinajstić information content (AvgIpc) is 2.37. The maximum absolute atomic E-state index is 4.41. The van der Waals surface area contributed by atoms with Crippen LogP contribution in [0.25, 0.3) is 0 Å². The molecular weight excluding hydrogens is 224 g/mol. The van der Waals surface area contributed by atoms with Gasteiger partial charge in [-0.2, -0.15) is 0 Å². The Balaban J connectivity index is 2.66. The summed E-state index contributed by atoms with van der Waals surface area (Å²) in [5.74, 6) is 0. The van der Waals surface area contributed by atoms with Crippen LogP contribution in [0.1, 0.15) is 22.5 Å². The second-order valence-corrected chi connectivity index (χ2v) is 4.59. The first-order valence-electron chi connectivity index (χ1n) is 3.47. The van der Waals surface area contributed by atoms with E-state index in [4.69, 9.17) is 0 Å². The van der Waals surface area contributed by atoms with Gasteiger partial charge in [-0.1, -0.05) is 15.9 Å². The van der Waals surface area contributed by atoms with Crippen molar-refractivity contribution >= 4 is 27.3 Å². The van der Waals surface area contributed by atoms with Crippen molar-refractivity contribution in [1.82, 2.24) is 10.3 Å². The minimum Gasteiger partial charge on any atom is -0.314 e. The highest BCUT2D eigenvalue weighted by atomic mass is 79.9. The van der Waals surface area contributed by atoms with E-state index >= 15 is 0 Å². The number of nitrogens with one attached hydrogen (secondary N) is 1. The lowest BCUT2D eigenvalue weighted by atomic mass is 10.4. The lowest BCUT2D eigenvalue weighted by molar-refractivity contribution is 0.792. The first kappa shape index (κ1) is 9.16. The van der Waals surface area contributed by atoms with Gasteiger partial charge >= 0.3 is 0 Å². The number of hydrogen-bond acceptors (Lipinski definition) is 3. The third-order valence-corrected chi connectivity index (χ3v) is 3.08. The van der Waals surface area contributed by atoms with Crippen molar-refractivity contribution in [3.8, 4) is 0 Å². The summed E-state index contributed by atoms with van der Waals surface area (Å²) in [6, 6.07) is 0. The molecule has 1 aromatic rings. The van der Waals surface area contributed by atoms with E-state index in [2.05, 4.69) is 38.5 Å². The lowest BCUT2D eigenvalue weighted by Gasteiger charge is -1.94. The monoisotopic (exact) mass is 234 g/mol. The number of rotatable bonds is 3. The zero-order valence-electron chi connectivity index (χ0n) is 6.60. The molecule has 1 rings (SSSR count). The topological polar surface area (TPSA) is 24.9 Å². The third kappa shape index (κ3) is 2.54. The Bertz CT molecular complexity index is 222. The summed E-state index contributed by atoms with van der Waals surface area (Å²) in [4.78, 5) is 4.78. The summed E-state index contributed by atoms with van der Waals surface area (Å²) in [5.41, 5.74) is 1.12. The van der Waals surface area contributed by atoms with Crippen molar-refractivity contribution in [1.29, 1.82) is 0 Å².